The van der Waals surface area contributed by atoms with Crippen molar-refractivity contribution in [2.45, 2.75) is 37.3 Å². The molecule has 0 radical (unpaired) electrons. The summed E-state index contributed by atoms with van der Waals surface area (Å²) in [4.78, 5) is 12.8. The Hall–Kier alpha value is -3.09. The zero-order valence-electron chi connectivity index (χ0n) is 15.5. The van der Waals surface area contributed by atoms with E-state index in [1.54, 1.807) is 16.9 Å². The Balaban J connectivity index is 1.40. The summed E-state index contributed by atoms with van der Waals surface area (Å²) in [6.07, 6.45) is 5.37. The summed E-state index contributed by atoms with van der Waals surface area (Å²) in [5.41, 5.74) is 2.17. The maximum absolute atomic E-state index is 13.7. The number of nitrogens with zero attached hydrogens (tertiary/aromatic N) is 2. The topological polar surface area (TPSA) is 68.2 Å². The maximum atomic E-state index is 13.7. The summed E-state index contributed by atoms with van der Waals surface area (Å²) < 4.78 is 21.6. The highest BCUT2D eigenvalue weighted by molar-refractivity contribution is 6.00. The molecule has 2 aromatic carbocycles. The molecular formula is C21H21FN4O2. The largest absolute Gasteiger partial charge is 0.487 e. The number of aromatic nitrogens is 2. The minimum atomic E-state index is -0.332. The van der Waals surface area contributed by atoms with Crippen LogP contribution in [-0.2, 0) is 7.05 Å². The molecule has 1 atom stereocenters. The Morgan fingerprint density at radius 2 is 2.18 bits per heavy atom. The fraction of sp³-hybridized carbons (Fsp3) is 0.333. The van der Waals surface area contributed by atoms with Gasteiger partial charge in [-0.2, -0.15) is 5.10 Å². The maximum Gasteiger partial charge on any atom is 0.319 e. The van der Waals surface area contributed by atoms with Crippen LogP contribution < -0.4 is 15.4 Å². The highest BCUT2D eigenvalue weighted by atomic mass is 19.1. The Kier molecular flexibility index (Phi) is 3.79. The van der Waals surface area contributed by atoms with Crippen LogP contribution >= 0.6 is 0 Å². The lowest BCUT2D eigenvalue weighted by Gasteiger charge is -2.48. The summed E-state index contributed by atoms with van der Waals surface area (Å²) in [6.45, 7) is 0. The smallest absolute Gasteiger partial charge is 0.319 e. The average Bonchev–Trinajstić information content (AvgIpc) is 3.02. The molecule has 1 aliphatic carbocycles. The fourth-order valence-corrected chi connectivity index (χ4v) is 4.25. The van der Waals surface area contributed by atoms with E-state index in [9.17, 15) is 9.18 Å². The van der Waals surface area contributed by atoms with E-state index in [1.165, 1.54) is 12.1 Å². The number of amides is 2. The van der Waals surface area contributed by atoms with Crippen molar-refractivity contribution in [3.63, 3.8) is 0 Å². The molecule has 5 rings (SSSR count). The van der Waals surface area contributed by atoms with Crippen LogP contribution in [0.4, 0.5) is 14.9 Å². The third-order valence-corrected chi connectivity index (χ3v) is 5.86. The number of fused-ring (bicyclic) bond motifs is 2. The zero-order valence-corrected chi connectivity index (χ0v) is 15.5. The van der Waals surface area contributed by atoms with Crippen LogP contribution in [0.1, 0.15) is 37.3 Å². The van der Waals surface area contributed by atoms with Crippen molar-refractivity contribution >= 4 is 22.6 Å². The number of hydrogen-bond acceptors (Lipinski definition) is 3. The van der Waals surface area contributed by atoms with Crippen molar-refractivity contribution in [1.29, 1.82) is 0 Å². The first-order valence-electron chi connectivity index (χ1n) is 9.50. The van der Waals surface area contributed by atoms with Gasteiger partial charge in [-0.1, -0.05) is 12.1 Å². The van der Waals surface area contributed by atoms with Crippen molar-refractivity contribution in [3.05, 3.63) is 54.0 Å². The molecule has 2 amide bonds. The van der Waals surface area contributed by atoms with Crippen LogP contribution in [0.25, 0.3) is 10.9 Å². The van der Waals surface area contributed by atoms with Crippen molar-refractivity contribution in [2.24, 2.45) is 7.05 Å². The number of benzene rings is 2. The number of halogens is 1. The van der Waals surface area contributed by atoms with Gasteiger partial charge in [-0.3, -0.25) is 4.68 Å². The number of rotatable bonds is 2. The Labute approximate surface area is 161 Å². The summed E-state index contributed by atoms with van der Waals surface area (Å²) in [5.74, 6) is 0.201. The second kappa shape index (κ2) is 6.22. The third kappa shape index (κ3) is 2.78. The van der Waals surface area contributed by atoms with E-state index in [4.69, 9.17) is 4.74 Å². The van der Waals surface area contributed by atoms with Crippen molar-refractivity contribution in [1.82, 2.24) is 15.1 Å². The van der Waals surface area contributed by atoms with Crippen LogP contribution in [0.2, 0.25) is 0 Å². The number of ether oxygens (including phenoxy) is 1. The molecule has 28 heavy (non-hydrogen) atoms. The van der Waals surface area contributed by atoms with E-state index < -0.39 is 0 Å². The minimum absolute atomic E-state index is 0.224. The number of anilines is 1. The van der Waals surface area contributed by atoms with Gasteiger partial charge in [-0.15, -0.1) is 0 Å². The number of hydrogen-bond donors (Lipinski definition) is 2. The molecule has 6 nitrogen and oxygen atoms in total. The van der Waals surface area contributed by atoms with Crippen LogP contribution in [0.5, 0.6) is 5.75 Å². The first-order valence-corrected chi connectivity index (χ1v) is 9.50. The van der Waals surface area contributed by atoms with Crippen LogP contribution in [0.3, 0.4) is 0 Å². The molecule has 3 aromatic rings. The number of carbonyl (C=O) groups is 1. The van der Waals surface area contributed by atoms with E-state index in [-0.39, 0.29) is 23.5 Å². The first-order chi connectivity index (χ1) is 13.5. The molecule has 1 unspecified atom stereocenters. The zero-order chi connectivity index (χ0) is 19.3. The highest BCUT2D eigenvalue weighted by Gasteiger charge is 2.46. The summed E-state index contributed by atoms with van der Waals surface area (Å²) in [5, 5.41) is 11.1. The van der Waals surface area contributed by atoms with Gasteiger partial charge in [0.15, 0.2) is 0 Å². The standard InChI is InChI=1S/C21H21FN4O2/c1-26-18-5-2-4-16(15(18)12-23-26)24-20(27)25-17-11-21(8-3-9-21)28-19-10-13(22)6-7-14(17)19/h2,4-7,10,12,17H,3,8-9,11H2,1H3,(H2,24,25,27). The molecule has 1 spiro atoms. The second-order valence-electron chi connectivity index (χ2n) is 7.68. The van der Waals surface area contributed by atoms with Crippen molar-refractivity contribution in [2.75, 3.05) is 5.32 Å². The van der Waals surface area contributed by atoms with Crippen molar-refractivity contribution in [3.8, 4) is 5.75 Å². The van der Waals surface area contributed by atoms with Gasteiger partial charge in [0.2, 0.25) is 0 Å². The minimum Gasteiger partial charge on any atom is -0.487 e. The van der Waals surface area contributed by atoms with Gasteiger partial charge in [-0.05, 0) is 37.5 Å². The van der Waals surface area contributed by atoms with E-state index in [1.807, 2.05) is 25.2 Å². The van der Waals surface area contributed by atoms with Gasteiger partial charge in [0.05, 0.1) is 23.4 Å². The third-order valence-electron chi connectivity index (χ3n) is 5.86. The van der Waals surface area contributed by atoms with Crippen LogP contribution in [-0.4, -0.2) is 21.4 Å². The van der Waals surface area contributed by atoms with Gasteiger partial charge in [0.1, 0.15) is 17.2 Å². The molecule has 1 fully saturated rings. The average molecular weight is 380 g/mol. The van der Waals surface area contributed by atoms with E-state index >= 15 is 0 Å². The predicted molar refractivity (Wildman–Crippen MR) is 104 cm³/mol. The van der Waals surface area contributed by atoms with Crippen molar-refractivity contribution < 1.29 is 13.9 Å². The molecule has 144 valence electrons. The van der Waals surface area contributed by atoms with E-state index in [0.29, 0.717) is 17.9 Å². The summed E-state index contributed by atoms with van der Waals surface area (Å²) in [7, 11) is 1.86. The van der Waals surface area contributed by atoms with Gasteiger partial charge in [0, 0.05) is 30.5 Å². The summed E-state index contributed by atoms with van der Waals surface area (Å²) in [6, 6.07) is 9.69. The van der Waals surface area contributed by atoms with Gasteiger partial charge < -0.3 is 15.4 Å². The van der Waals surface area contributed by atoms with Crippen LogP contribution in [0.15, 0.2) is 42.6 Å². The predicted octanol–water partition coefficient (Wildman–Crippen LogP) is 4.28. The Morgan fingerprint density at radius 3 is 2.96 bits per heavy atom. The molecule has 2 heterocycles. The molecular weight excluding hydrogens is 359 g/mol. The molecule has 1 aromatic heterocycles. The number of carbonyl (C=O) groups excluding carboxylic acids is 1. The molecule has 2 aliphatic rings. The SMILES string of the molecule is Cn1ncc2c(NC(=O)NC3CC4(CCC4)Oc4cc(F)ccc43)cccc21. The quantitative estimate of drug-likeness (QED) is 0.697. The second-order valence-corrected chi connectivity index (χ2v) is 7.68. The van der Waals surface area contributed by atoms with E-state index in [2.05, 4.69) is 15.7 Å². The molecule has 1 aliphatic heterocycles. The highest BCUT2D eigenvalue weighted by Crippen LogP contribution is 2.48. The number of urea groups is 1. The van der Waals surface area contributed by atoms with Gasteiger partial charge >= 0.3 is 6.03 Å². The Morgan fingerprint density at radius 1 is 1.32 bits per heavy atom. The van der Waals surface area contributed by atoms with E-state index in [0.717, 1.165) is 35.7 Å². The van der Waals surface area contributed by atoms with Gasteiger partial charge in [-0.25, -0.2) is 9.18 Å². The lowest BCUT2D eigenvalue weighted by atomic mass is 9.73. The summed E-state index contributed by atoms with van der Waals surface area (Å²) >= 11 is 0. The molecule has 0 bridgehead atoms. The molecule has 2 N–H and O–H groups in total. The molecule has 1 saturated carbocycles. The van der Waals surface area contributed by atoms with Gasteiger partial charge in [0.25, 0.3) is 0 Å². The monoisotopic (exact) mass is 380 g/mol. The molecule has 0 saturated heterocycles. The van der Waals surface area contributed by atoms with Crippen LogP contribution in [0, 0.1) is 5.82 Å². The Bertz CT molecular complexity index is 1070. The normalized spacial score (nSPS) is 19.6. The lowest BCUT2D eigenvalue weighted by molar-refractivity contribution is -0.0356. The first kappa shape index (κ1) is 17.0. The lowest BCUT2D eigenvalue weighted by Crippen LogP contribution is -2.50. The molecule has 7 heteroatoms. The number of nitrogens with one attached hydrogen (secondary N) is 2. The fourth-order valence-electron chi connectivity index (χ4n) is 4.25. The number of aryl methyl sites for hydroxylation is 1.